The van der Waals surface area contributed by atoms with E-state index < -0.39 is 11.5 Å². The molecule has 2 unspecified atom stereocenters. The van der Waals surface area contributed by atoms with Crippen molar-refractivity contribution in [2.45, 2.75) is 64.8 Å². The number of carbonyl (C=O) groups is 2. The first-order valence-corrected chi connectivity index (χ1v) is 12.3. The van der Waals surface area contributed by atoms with Gasteiger partial charge in [0.15, 0.2) is 0 Å². The van der Waals surface area contributed by atoms with Gasteiger partial charge in [-0.25, -0.2) is 4.79 Å². The Kier molecular flexibility index (Phi) is 7.80. The Hall–Kier alpha value is -2.05. The molecule has 0 bridgehead atoms. The molecule has 2 atom stereocenters. The van der Waals surface area contributed by atoms with Gasteiger partial charge in [0, 0.05) is 17.8 Å². The van der Waals surface area contributed by atoms with Gasteiger partial charge in [-0.3, -0.25) is 4.79 Å². The molecule has 1 aromatic carbocycles. The molecule has 3 rings (SSSR count). The van der Waals surface area contributed by atoms with Gasteiger partial charge in [0.2, 0.25) is 0 Å². The van der Waals surface area contributed by atoms with E-state index in [0.29, 0.717) is 5.92 Å². The molecule has 2 N–H and O–H groups in total. The van der Waals surface area contributed by atoms with E-state index in [4.69, 9.17) is 16.7 Å². The molecule has 1 aromatic rings. The van der Waals surface area contributed by atoms with Crippen molar-refractivity contribution in [1.29, 1.82) is 0 Å². The van der Waals surface area contributed by atoms with E-state index in [0.717, 1.165) is 60.4 Å². The second kappa shape index (κ2) is 10.1. The van der Waals surface area contributed by atoms with E-state index in [2.05, 4.69) is 57.2 Å². The number of rotatable bonds is 9. The molecule has 1 fully saturated rings. The highest BCUT2D eigenvalue weighted by Gasteiger charge is 2.49. The van der Waals surface area contributed by atoms with Crippen LogP contribution in [0.25, 0.3) is 0 Å². The van der Waals surface area contributed by atoms with E-state index in [9.17, 15) is 9.59 Å². The van der Waals surface area contributed by atoms with Gasteiger partial charge in [0.25, 0.3) is 0 Å². The molecule has 1 heterocycles. The number of carbonyl (C=O) groups excluding carboxylic acids is 1. The third-order valence-electron chi connectivity index (χ3n) is 6.86. The van der Waals surface area contributed by atoms with E-state index in [1.807, 2.05) is 12.3 Å². The molecule has 6 nitrogen and oxygen atoms in total. The van der Waals surface area contributed by atoms with Gasteiger partial charge >= 0.3 is 12.0 Å². The molecule has 0 radical (unpaired) electrons. The van der Waals surface area contributed by atoms with Gasteiger partial charge < -0.3 is 20.2 Å². The summed E-state index contributed by atoms with van der Waals surface area (Å²) in [6, 6.07) is 5.99. The van der Waals surface area contributed by atoms with E-state index in [1.54, 1.807) is 0 Å². The fourth-order valence-corrected chi connectivity index (χ4v) is 5.15. The summed E-state index contributed by atoms with van der Waals surface area (Å²) in [6.45, 7) is 7.80. The number of benzene rings is 1. The Bertz CT molecular complexity index is 922. The zero-order chi connectivity index (χ0) is 24.4. The van der Waals surface area contributed by atoms with E-state index in [1.165, 1.54) is 4.90 Å². The van der Waals surface area contributed by atoms with Gasteiger partial charge in [-0.1, -0.05) is 44.5 Å². The number of hydrogen-bond donors (Lipinski definition) is 2. The van der Waals surface area contributed by atoms with Crippen molar-refractivity contribution in [2.75, 3.05) is 27.2 Å². The smallest absolute Gasteiger partial charge is 0.322 e. The molecule has 1 aliphatic heterocycles. The monoisotopic (exact) mass is 475 g/mol. The van der Waals surface area contributed by atoms with Crippen molar-refractivity contribution in [3.63, 3.8) is 0 Å². The van der Waals surface area contributed by atoms with Gasteiger partial charge in [0.05, 0.1) is 12.0 Å². The molecule has 1 aliphatic carbocycles. The highest BCUT2D eigenvalue weighted by Crippen LogP contribution is 2.50. The number of nitrogens with one attached hydrogen (secondary N) is 1. The van der Waals surface area contributed by atoms with Crippen LogP contribution in [0.3, 0.4) is 0 Å². The molecule has 182 valence electrons. The van der Waals surface area contributed by atoms with Crippen LogP contribution in [0.15, 0.2) is 30.0 Å². The van der Waals surface area contributed by atoms with Crippen molar-refractivity contribution in [3.05, 3.63) is 46.1 Å². The normalized spacial score (nSPS) is 22.9. The lowest BCUT2D eigenvalue weighted by Gasteiger charge is -2.41. The second-order valence-corrected chi connectivity index (χ2v) is 11.4. The fraction of sp³-hybridized carbons (Fsp3) is 0.615. The summed E-state index contributed by atoms with van der Waals surface area (Å²) in [5.41, 5.74) is 2.95. The lowest BCUT2D eigenvalue weighted by atomic mass is 9.80. The Balaban J connectivity index is 1.94. The largest absolute Gasteiger partial charge is 0.481 e. The summed E-state index contributed by atoms with van der Waals surface area (Å²) in [6.07, 6.45) is 6.56. The minimum Gasteiger partial charge on any atom is -0.481 e. The summed E-state index contributed by atoms with van der Waals surface area (Å²) in [4.78, 5) is 27.8. The summed E-state index contributed by atoms with van der Waals surface area (Å²) in [5.74, 6) is -0.592. The Morgan fingerprint density at radius 2 is 2.06 bits per heavy atom. The lowest BCUT2D eigenvalue weighted by Crippen LogP contribution is -2.54. The molecule has 33 heavy (non-hydrogen) atoms. The van der Waals surface area contributed by atoms with Crippen LogP contribution in [-0.4, -0.2) is 54.1 Å². The summed E-state index contributed by atoms with van der Waals surface area (Å²) >= 11 is 6.74. The molecule has 0 spiro atoms. The molecular weight excluding hydrogens is 438 g/mol. The minimum atomic E-state index is -0.911. The number of hydrogen-bond acceptors (Lipinski definition) is 3. The predicted octanol–water partition coefficient (Wildman–Crippen LogP) is 5.26. The van der Waals surface area contributed by atoms with Crippen LogP contribution in [-0.2, 0) is 16.8 Å². The maximum absolute atomic E-state index is 13.0. The first kappa shape index (κ1) is 25.6. The first-order valence-electron chi connectivity index (χ1n) is 11.9. The van der Waals surface area contributed by atoms with Crippen molar-refractivity contribution in [1.82, 2.24) is 15.1 Å². The van der Waals surface area contributed by atoms with Crippen molar-refractivity contribution >= 4 is 23.6 Å². The first-order chi connectivity index (χ1) is 15.4. The van der Waals surface area contributed by atoms with Gasteiger partial charge in [-0.05, 0) is 86.8 Å². The standard InChI is InChI=1S/C26H38ClN3O3/c1-25(2,3)12-8-19-6-7-20(16-22(19)27)26-13-9-18(10-14-29(4)5)21(26)17-30(24(33)28-26)15-11-23(31)32/h6-7,16-18H,8-15H2,1-5H3,(H,28,33)(H,31,32). The number of aryl methyl sites for hydroxylation is 1. The predicted molar refractivity (Wildman–Crippen MR) is 132 cm³/mol. The van der Waals surface area contributed by atoms with Crippen molar-refractivity contribution in [2.24, 2.45) is 11.3 Å². The highest BCUT2D eigenvalue weighted by atomic mass is 35.5. The van der Waals surface area contributed by atoms with Crippen molar-refractivity contribution < 1.29 is 14.7 Å². The van der Waals surface area contributed by atoms with E-state index >= 15 is 0 Å². The average Bonchev–Trinajstić information content (AvgIpc) is 3.07. The Morgan fingerprint density at radius 1 is 1.33 bits per heavy atom. The maximum atomic E-state index is 13.0. The zero-order valence-corrected chi connectivity index (χ0v) is 21.3. The highest BCUT2D eigenvalue weighted by molar-refractivity contribution is 6.31. The van der Waals surface area contributed by atoms with Crippen molar-refractivity contribution in [3.8, 4) is 0 Å². The van der Waals surface area contributed by atoms with Crippen LogP contribution in [0.4, 0.5) is 4.79 Å². The Labute approximate surface area is 203 Å². The second-order valence-electron chi connectivity index (χ2n) is 11.0. The zero-order valence-electron chi connectivity index (χ0n) is 20.6. The molecule has 0 aromatic heterocycles. The summed E-state index contributed by atoms with van der Waals surface area (Å²) in [5, 5.41) is 13.1. The summed E-state index contributed by atoms with van der Waals surface area (Å²) in [7, 11) is 4.13. The molecule has 0 saturated heterocycles. The minimum absolute atomic E-state index is 0.0825. The third kappa shape index (κ3) is 6.10. The van der Waals surface area contributed by atoms with Crippen LogP contribution < -0.4 is 5.32 Å². The van der Waals surface area contributed by atoms with Crippen LogP contribution in [0.1, 0.15) is 64.0 Å². The summed E-state index contributed by atoms with van der Waals surface area (Å²) < 4.78 is 0. The molecular formula is C26H38ClN3O3. The molecule has 2 aliphatic rings. The lowest BCUT2D eigenvalue weighted by molar-refractivity contribution is -0.137. The number of halogens is 1. The Morgan fingerprint density at radius 3 is 2.67 bits per heavy atom. The maximum Gasteiger partial charge on any atom is 0.322 e. The number of carboxylic acid groups (broad SMARTS) is 1. The molecule has 7 heteroatoms. The van der Waals surface area contributed by atoms with Gasteiger partial charge in [-0.15, -0.1) is 0 Å². The topological polar surface area (TPSA) is 72.9 Å². The van der Waals surface area contributed by atoms with Gasteiger partial charge in [-0.2, -0.15) is 0 Å². The van der Waals surface area contributed by atoms with Crippen LogP contribution >= 0.6 is 11.6 Å². The number of nitrogens with zero attached hydrogens (tertiary/aromatic N) is 2. The number of amides is 2. The molecule has 2 amide bonds. The molecule has 1 saturated carbocycles. The fourth-order valence-electron chi connectivity index (χ4n) is 4.87. The number of fused-ring (bicyclic) bond motifs is 1. The van der Waals surface area contributed by atoms with Crippen LogP contribution in [0, 0.1) is 11.3 Å². The quantitative estimate of drug-likeness (QED) is 0.511. The average molecular weight is 476 g/mol. The van der Waals surface area contributed by atoms with Crippen LogP contribution in [0.5, 0.6) is 0 Å². The van der Waals surface area contributed by atoms with E-state index in [-0.39, 0.29) is 24.4 Å². The number of aliphatic carboxylic acids is 1. The third-order valence-corrected chi connectivity index (χ3v) is 7.21. The van der Waals surface area contributed by atoms with Crippen LogP contribution in [0.2, 0.25) is 5.02 Å². The van der Waals surface area contributed by atoms with Gasteiger partial charge in [0.1, 0.15) is 0 Å². The number of carboxylic acids is 1. The number of urea groups is 1. The SMILES string of the molecule is CN(C)CCC1CCC2(c3ccc(CCC(C)(C)C)c(Cl)c3)NC(=O)N(CCC(=O)O)C=C12.